The van der Waals surface area contributed by atoms with Gasteiger partial charge in [0.2, 0.25) is 0 Å². The van der Waals surface area contributed by atoms with E-state index in [0.717, 1.165) is 32.4 Å². The predicted octanol–water partition coefficient (Wildman–Crippen LogP) is 3.14. The minimum absolute atomic E-state index is 0. The van der Waals surface area contributed by atoms with Crippen LogP contribution in [0.3, 0.4) is 0 Å². The number of fused-ring (bicyclic) bond motifs is 2. The van der Waals surface area contributed by atoms with Gasteiger partial charge in [0.05, 0.1) is 5.56 Å². The van der Waals surface area contributed by atoms with E-state index >= 15 is 0 Å². The molecule has 2 saturated heterocycles. The van der Waals surface area contributed by atoms with Crippen molar-refractivity contribution in [2.75, 3.05) is 18.4 Å². The summed E-state index contributed by atoms with van der Waals surface area (Å²) in [6.07, 6.45) is 6.28. The molecule has 1 aromatic carbocycles. The minimum atomic E-state index is -0.234. The number of hydrogen-bond donors (Lipinski definition) is 2. The van der Waals surface area contributed by atoms with Gasteiger partial charge in [-0.2, -0.15) is 0 Å². The zero-order valence-corrected chi connectivity index (χ0v) is 17.0. The Hall–Kier alpha value is -2.15. The lowest BCUT2D eigenvalue weighted by atomic mass is 10.1. The topological polar surface area (TPSA) is 74.3 Å². The molecule has 28 heavy (non-hydrogen) atoms. The first-order valence-corrected chi connectivity index (χ1v) is 9.07. The zero-order chi connectivity index (χ0) is 17.9. The number of nitrogens with one attached hydrogen (secondary N) is 2. The SMILES string of the molecule is Cl.Cl.O=C(Nc1cccc(C(=O)N2C3CCNCC2CC3)c1)c1cccnc1. The highest BCUT2D eigenvalue weighted by Gasteiger charge is 2.38. The molecule has 2 aliphatic rings. The molecule has 2 fully saturated rings. The first-order chi connectivity index (χ1) is 12.7. The molecule has 4 rings (SSSR count). The van der Waals surface area contributed by atoms with E-state index in [1.807, 2.05) is 17.0 Å². The van der Waals surface area contributed by atoms with Crippen LogP contribution in [0.1, 0.15) is 40.0 Å². The Morgan fingerprint density at radius 2 is 1.82 bits per heavy atom. The normalized spacial score (nSPS) is 20.4. The van der Waals surface area contributed by atoms with E-state index in [2.05, 4.69) is 15.6 Å². The van der Waals surface area contributed by atoms with Crippen LogP contribution in [0, 0.1) is 0 Å². The highest BCUT2D eigenvalue weighted by molar-refractivity contribution is 6.05. The monoisotopic (exact) mass is 422 g/mol. The molecule has 2 aliphatic heterocycles. The number of benzene rings is 1. The van der Waals surface area contributed by atoms with Gasteiger partial charge < -0.3 is 15.5 Å². The number of halogens is 2. The number of anilines is 1. The first kappa shape index (κ1) is 22.1. The van der Waals surface area contributed by atoms with Gasteiger partial charge in [0.25, 0.3) is 11.8 Å². The van der Waals surface area contributed by atoms with Crippen molar-refractivity contribution in [1.29, 1.82) is 0 Å². The average molecular weight is 423 g/mol. The first-order valence-electron chi connectivity index (χ1n) is 9.07. The van der Waals surface area contributed by atoms with Gasteiger partial charge in [-0.1, -0.05) is 6.07 Å². The second-order valence-corrected chi connectivity index (χ2v) is 6.87. The van der Waals surface area contributed by atoms with Gasteiger partial charge in [-0.3, -0.25) is 14.6 Å². The van der Waals surface area contributed by atoms with Crippen LogP contribution in [0.25, 0.3) is 0 Å². The molecule has 2 aromatic rings. The van der Waals surface area contributed by atoms with Crippen molar-refractivity contribution < 1.29 is 9.59 Å². The molecule has 8 heteroatoms. The van der Waals surface area contributed by atoms with Crippen molar-refractivity contribution in [2.24, 2.45) is 0 Å². The molecule has 2 atom stereocenters. The lowest BCUT2D eigenvalue weighted by Gasteiger charge is -2.28. The smallest absolute Gasteiger partial charge is 0.257 e. The van der Waals surface area contributed by atoms with E-state index < -0.39 is 0 Å². The molecule has 2 N–H and O–H groups in total. The Morgan fingerprint density at radius 3 is 2.61 bits per heavy atom. The van der Waals surface area contributed by atoms with Gasteiger partial charge in [-0.15, -0.1) is 24.8 Å². The number of carbonyl (C=O) groups is 2. The fraction of sp³-hybridized carbons (Fsp3) is 0.350. The minimum Gasteiger partial charge on any atom is -0.331 e. The Kier molecular flexibility index (Phi) is 7.80. The van der Waals surface area contributed by atoms with Crippen LogP contribution in [0.5, 0.6) is 0 Å². The maximum absolute atomic E-state index is 13.1. The van der Waals surface area contributed by atoms with Crippen LogP contribution in [-0.4, -0.2) is 46.9 Å². The summed E-state index contributed by atoms with van der Waals surface area (Å²) < 4.78 is 0. The second-order valence-electron chi connectivity index (χ2n) is 6.87. The maximum atomic E-state index is 13.1. The number of hydrogen-bond acceptors (Lipinski definition) is 4. The van der Waals surface area contributed by atoms with Gasteiger partial charge in [-0.05, 0) is 56.1 Å². The van der Waals surface area contributed by atoms with Crippen molar-refractivity contribution in [3.8, 4) is 0 Å². The van der Waals surface area contributed by atoms with E-state index in [0.29, 0.717) is 22.9 Å². The summed E-state index contributed by atoms with van der Waals surface area (Å²) in [5.74, 6) is -0.180. The predicted molar refractivity (Wildman–Crippen MR) is 114 cm³/mol. The van der Waals surface area contributed by atoms with E-state index in [1.165, 1.54) is 6.20 Å². The van der Waals surface area contributed by atoms with Gasteiger partial charge in [-0.25, -0.2) is 0 Å². The van der Waals surface area contributed by atoms with E-state index in [-0.39, 0.29) is 42.7 Å². The number of rotatable bonds is 3. The van der Waals surface area contributed by atoms with Crippen LogP contribution in [0.4, 0.5) is 5.69 Å². The standard InChI is InChI=1S/C20H22N4O2.2ClH/c25-19(15-4-2-9-21-12-15)23-16-5-1-3-14(11-16)20(26)24-17-6-7-18(24)13-22-10-8-17;;/h1-5,9,11-12,17-18,22H,6-8,10,13H2,(H,23,25);2*1H. The largest absolute Gasteiger partial charge is 0.331 e. The summed E-state index contributed by atoms with van der Waals surface area (Å²) in [6, 6.07) is 11.2. The van der Waals surface area contributed by atoms with Crippen molar-refractivity contribution in [3.05, 3.63) is 59.9 Å². The Morgan fingerprint density at radius 1 is 1.04 bits per heavy atom. The summed E-state index contributed by atoms with van der Waals surface area (Å²) in [6.45, 7) is 1.83. The third-order valence-electron chi connectivity index (χ3n) is 5.18. The van der Waals surface area contributed by atoms with Crippen molar-refractivity contribution in [1.82, 2.24) is 15.2 Å². The summed E-state index contributed by atoms with van der Waals surface area (Å²) in [4.78, 5) is 31.4. The van der Waals surface area contributed by atoms with Gasteiger partial charge in [0.1, 0.15) is 0 Å². The quantitative estimate of drug-likeness (QED) is 0.796. The number of amides is 2. The average Bonchev–Trinajstić information content (AvgIpc) is 2.94. The summed E-state index contributed by atoms with van der Waals surface area (Å²) in [5, 5.41) is 6.26. The highest BCUT2D eigenvalue weighted by Crippen LogP contribution is 2.30. The Labute approximate surface area is 176 Å². The highest BCUT2D eigenvalue weighted by atomic mass is 35.5. The molecule has 150 valence electrons. The van der Waals surface area contributed by atoms with E-state index in [4.69, 9.17) is 0 Å². The van der Waals surface area contributed by atoms with Gasteiger partial charge in [0, 0.05) is 42.3 Å². The summed E-state index contributed by atoms with van der Waals surface area (Å²) >= 11 is 0. The zero-order valence-electron chi connectivity index (χ0n) is 15.3. The van der Waals surface area contributed by atoms with Crippen LogP contribution < -0.4 is 10.6 Å². The molecule has 0 aliphatic carbocycles. The lowest BCUT2D eigenvalue weighted by molar-refractivity contribution is 0.0680. The van der Waals surface area contributed by atoms with Crippen molar-refractivity contribution >= 4 is 42.3 Å². The summed E-state index contributed by atoms with van der Waals surface area (Å²) in [7, 11) is 0. The molecule has 2 unspecified atom stereocenters. The molecule has 0 saturated carbocycles. The van der Waals surface area contributed by atoms with Gasteiger partial charge in [0.15, 0.2) is 0 Å². The molecule has 1 aromatic heterocycles. The maximum Gasteiger partial charge on any atom is 0.257 e. The Balaban J connectivity index is 0.00000140. The van der Waals surface area contributed by atoms with Crippen molar-refractivity contribution in [2.45, 2.75) is 31.3 Å². The molecular formula is C20H24Cl2N4O2. The number of carbonyl (C=O) groups excluding carboxylic acids is 2. The number of pyridine rings is 1. The number of aromatic nitrogens is 1. The van der Waals surface area contributed by atoms with Crippen molar-refractivity contribution in [3.63, 3.8) is 0 Å². The molecule has 2 amide bonds. The third kappa shape index (κ3) is 4.63. The molecule has 0 spiro atoms. The van der Waals surface area contributed by atoms with E-state index in [1.54, 1.807) is 30.5 Å². The fourth-order valence-electron chi connectivity index (χ4n) is 3.89. The molecular weight excluding hydrogens is 399 g/mol. The Bertz CT molecular complexity index is 805. The second kappa shape index (κ2) is 9.87. The molecule has 6 nitrogen and oxygen atoms in total. The lowest BCUT2D eigenvalue weighted by Crippen LogP contribution is -2.42. The molecule has 0 radical (unpaired) electrons. The van der Waals surface area contributed by atoms with Crippen LogP contribution in [-0.2, 0) is 0 Å². The van der Waals surface area contributed by atoms with Crippen LogP contribution >= 0.6 is 24.8 Å². The molecule has 2 bridgehead atoms. The van der Waals surface area contributed by atoms with Crippen LogP contribution in [0.15, 0.2) is 48.8 Å². The van der Waals surface area contributed by atoms with Gasteiger partial charge >= 0.3 is 0 Å². The summed E-state index contributed by atoms with van der Waals surface area (Å²) in [5.41, 5.74) is 1.72. The third-order valence-corrected chi connectivity index (χ3v) is 5.18. The fourth-order valence-corrected chi connectivity index (χ4v) is 3.89. The van der Waals surface area contributed by atoms with E-state index in [9.17, 15) is 9.59 Å². The molecule has 3 heterocycles. The van der Waals surface area contributed by atoms with Crippen LogP contribution in [0.2, 0.25) is 0 Å². The number of nitrogens with zero attached hydrogens (tertiary/aromatic N) is 2.